The molecule has 1 amide bonds. The summed E-state index contributed by atoms with van der Waals surface area (Å²) >= 11 is 5.84. The van der Waals surface area contributed by atoms with Crippen LogP contribution in [0.5, 0.6) is 0 Å². The third-order valence-electron chi connectivity index (χ3n) is 3.95. The first kappa shape index (κ1) is 16.2. The van der Waals surface area contributed by atoms with Gasteiger partial charge in [-0.3, -0.25) is 10.2 Å². The van der Waals surface area contributed by atoms with Crippen LogP contribution >= 0.6 is 11.6 Å². The van der Waals surface area contributed by atoms with Crippen LogP contribution in [0.1, 0.15) is 30.9 Å². The summed E-state index contributed by atoms with van der Waals surface area (Å²) in [5.41, 5.74) is 2.97. The minimum Gasteiger partial charge on any atom is -0.388 e. The second-order valence-electron chi connectivity index (χ2n) is 5.52. The van der Waals surface area contributed by atoms with E-state index in [9.17, 15) is 9.90 Å². The number of aliphatic hydroxyl groups is 1. The van der Waals surface area contributed by atoms with Gasteiger partial charge in [0.25, 0.3) is 0 Å². The Bertz CT molecular complexity index is 460. The Kier molecular flexibility index (Phi) is 5.99. The Morgan fingerprint density at radius 1 is 1.33 bits per heavy atom. The maximum Gasteiger partial charge on any atom is 0.238 e. The molecule has 0 radical (unpaired) electrons. The quantitative estimate of drug-likeness (QED) is 0.422. The lowest BCUT2D eigenvalue weighted by Crippen LogP contribution is -2.41. The van der Waals surface area contributed by atoms with Crippen LogP contribution in [0.25, 0.3) is 0 Å². The number of carbonyl (C=O) groups is 1. The summed E-state index contributed by atoms with van der Waals surface area (Å²) in [7, 11) is 0. The highest BCUT2D eigenvalue weighted by molar-refractivity contribution is 6.30. The Morgan fingerprint density at radius 2 is 1.95 bits per heavy atom. The molecule has 2 atom stereocenters. The van der Waals surface area contributed by atoms with Gasteiger partial charge in [-0.15, -0.1) is 0 Å². The minimum absolute atomic E-state index is 0.227. The van der Waals surface area contributed by atoms with E-state index >= 15 is 0 Å². The number of benzene rings is 1. The molecule has 6 heteroatoms. The van der Waals surface area contributed by atoms with E-state index in [0.29, 0.717) is 18.0 Å². The van der Waals surface area contributed by atoms with E-state index in [2.05, 4.69) is 10.3 Å². The second kappa shape index (κ2) is 7.75. The average molecular weight is 312 g/mol. The molecule has 1 aliphatic rings. The van der Waals surface area contributed by atoms with E-state index in [1.807, 2.05) is 0 Å². The van der Waals surface area contributed by atoms with Crippen molar-refractivity contribution in [1.82, 2.24) is 10.3 Å². The van der Waals surface area contributed by atoms with Gasteiger partial charge in [-0.2, -0.15) is 0 Å². The number of hydrogen-bond donors (Lipinski definition) is 3. The van der Waals surface area contributed by atoms with E-state index in [1.165, 1.54) is 0 Å². The van der Waals surface area contributed by atoms with Crippen molar-refractivity contribution < 1.29 is 9.90 Å². The summed E-state index contributed by atoms with van der Waals surface area (Å²) in [4.78, 5) is 14.2. The zero-order valence-corrected chi connectivity index (χ0v) is 12.7. The number of nitrogens with zero attached hydrogens (tertiary/aromatic N) is 1. The third-order valence-corrected chi connectivity index (χ3v) is 4.20. The van der Waals surface area contributed by atoms with Crippen LogP contribution in [0.4, 0.5) is 0 Å². The van der Waals surface area contributed by atoms with Crippen LogP contribution in [0.15, 0.2) is 24.3 Å². The lowest BCUT2D eigenvalue weighted by molar-refractivity contribution is -0.126. The van der Waals surface area contributed by atoms with E-state index in [4.69, 9.17) is 17.4 Å². The van der Waals surface area contributed by atoms with E-state index < -0.39 is 6.10 Å². The number of nitrogens with one attached hydrogen (secondary N) is 1. The summed E-state index contributed by atoms with van der Waals surface area (Å²) < 4.78 is 0. The number of nitrogens with two attached hydrogens (primary N) is 1. The molecule has 0 bridgehead atoms. The van der Waals surface area contributed by atoms with Crippen molar-refractivity contribution in [2.75, 3.05) is 19.6 Å². The van der Waals surface area contributed by atoms with Crippen LogP contribution in [-0.2, 0) is 4.79 Å². The van der Waals surface area contributed by atoms with Crippen molar-refractivity contribution in [2.24, 2.45) is 11.8 Å². The molecule has 0 spiro atoms. The Labute approximate surface area is 130 Å². The summed E-state index contributed by atoms with van der Waals surface area (Å²) in [6, 6.07) is 7.03. The predicted octanol–water partition coefficient (Wildman–Crippen LogP) is 1.47. The van der Waals surface area contributed by atoms with Gasteiger partial charge in [-0.25, -0.2) is 5.84 Å². The van der Waals surface area contributed by atoms with Crippen molar-refractivity contribution >= 4 is 17.5 Å². The van der Waals surface area contributed by atoms with Crippen molar-refractivity contribution in [3.63, 3.8) is 0 Å². The number of rotatable bonds is 6. The largest absolute Gasteiger partial charge is 0.388 e. The van der Waals surface area contributed by atoms with Crippen LogP contribution in [0, 0.1) is 5.92 Å². The molecule has 1 heterocycles. The molecule has 2 unspecified atom stereocenters. The highest BCUT2D eigenvalue weighted by atomic mass is 35.5. The van der Waals surface area contributed by atoms with Crippen molar-refractivity contribution in [3.05, 3.63) is 34.9 Å². The molecular formula is C15H22ClN3O2. The number of amides is 1. The second-order valence-corrected chi connectivity index (χ2v) is 5.95. The van der Waals surface area contributed by atoms with E-state index in [-0.39, 0.29) is 11.8 Å². The number of halogens is 1. The Morgan fingerprint density at radius 3 is 2.52 bits per heavy atom. The van der Waals surface area contributed by atoms with Crippen LogP contribution in [-0.4, -0.2) is 35.5 Å². The molecule has 21 heavy (non-hydrogen) atoms. The number of likely N-dealkylation sites (tertiary alicyclic amines) is 1. The number of hydrogen-bond acceptors (Lipinski definition) is 4. The lowest BCUT2D eigenvalue weighted by atomic mass is 9.95. The fraction of sp³-hybridized carbons (Fsp3) is 0.533. The number of carbonyl (C=O) groups excluding carboxylic acids is 1. The van der Waals surface area contributed by atoms with Crippen molar-refractivity contribution in [3.8, 4) is 0 Å². The van der Waals surface area contributed by atoms with Gasteiger partial charge in [-0.1, -0.05) is 23.7 Å². The summed E-state index contributed by atoms with van der Waals surface area (Å²) in [5, 5.41) is 10.9. The lowest BCUT2D eigenvalue weighted by Gasteiger charge is -2.24. The highest BCUT2D eigenvalue weighted by Gasteiger charge is 2.26. The molecule has 1 fully saturated rings. The molecular weight excluding hydrogens is 290 g/mol. The fourth-order valence-electron chi connectivity index (χ4n) is 2.75. The Hall–Kier alpha value is -1.14. The van der Waals surface area contributed by atoms with Crippen molar-refractivity contribution in [1.29, 1.82) is 0 Å². The average Bonchev–Trinajstić information content (AvgIpc) is 2.99. The van der Waals surface area contributed by atoms with Gasteiger partial charge in [-0.05, 0) is 50.0 Å². The molecule has 0 aliphatic carbocycles. The monoisotopic (exact) mass is 311 g/mol. The summed E-state index contributed by atoms with van der Waals surface area (Å²) in [6.45, 7) is 2.64. The Balaban J connectivity index is 1.99. The first-order chi connectivity index (χ1) is 10.1. The van der Waals surface area contributed by atoms with Crippen LogP contribution < -0.4 is 11.3 Å². The van der Waals surface area contributed by atoms with Gasteiger partial charge < -0.3 is 10.0 Å². The van der Waals surface area contributed by atoms with Crippen LogP contribution in [0.3, 0.4) is 0 Å². The summed E-state index contributed by atoms with van der Waals surface area (Å²) in [6.07, 6.45) is 1.97. The normalized spacial score (nSPS) is 18.4. The van der Waals surface area contributed by atoms with Gasteiger partial charge in [0.2, 0.25) is 5.91 Å². The highest BCUT2D eigenvalue weighted by Crippen LogP contribution is 2.24. The van der Waals surface area contributed by atoms with Gasteiger partial charge in [0, 0.05) is 11.6 Å². The molecule has 1 aromatic rings. The van der Waals surface area contributed by atoms with Gasteiger partial charge in [0.1, 0.15) is 0 Å². The maximum atomic E-state index is 11.9. The van der Waals surface area contributed by atoms with Gasteiger partial charge in [0.05, 0.1) is 12.0 Å². The molecule has 1 aliphatic heterocycles. The standard InChI is InChI=1S/C15H22ClN3O2/c16-13-5-3-11(4-6-13)14(20)9-12(15(21)18-17)10-19-7-1-2-8-19/h3-6,12,14,20H,1-2,7-10,17H2,(H,18,21). The molecule has 116 valence electrons. The molecule has 0 saturated carbocycles. The van der Waals surface area contributed by atoms with E-state index in [0.717, 1.165) is 31.5 Å². The zero-order chi connectivity index (χ0) is 15.2. The number of aliphatic hydroxyl groups excluding tert-OH is 1. The number of hydrazine groups is 1. The first-order valence-electron chi connectivity index (χ1n) is 7.26. The smallest absolute Gasteiger partial charge is 0.238 e. The fourth-order valence-corrected chi connectivity index (χ4v) is 2.88. The third kappa shape index (κ3) is 4.68. The molecule has 1 aromatic carbocycles. The predicted molar refractivity (Wildman–Crippen MR) is 82.5 cm³/mol. The topological polar surface area (TPSA) is 78.6 Å². The van der Waals surface area contributed by atoms with Crippen LogP contribution in [0.2, 0.25) is 5.02 Å². The molecule has 0 aromatic heterocycles. The zero-order valence-electron chi connectivity index (χ0n) is 12.0. The molecule has 5 nitrogen and oxygen atoms in total. The van der Waals surface area contributed by atoms with Crippen molar-refractivity contribution in [2.45, 2.75) is 25.4 Å². The molecule has 2 rings (SSSR count). The maximum absolute atomic E-state index is 11.9. The molecule has 1 saturated heterocycles. The summed E-state index contributed by atoms with van der Waals surface area (Å²) in [5.74, 6) is 4.72. The molecule has 4 N–H and O–H groups in total. The minimum atomic E-state index is -0.702. The van der Waals surface area contributed by atoms with E-state index in [1.54, 1.807) is 24.3 Å². The first-order valence-corrected chi connectivity index (χ1v) is 7.64. The van der Waals surface area contributed by atoms with Gasteiger partial charge in [0.15, 0.2) is 0 Å². The SMILES string of the molecule is NNC(=O)C(CC(O)c1ccc(Cl)cc1)CN1CCCC1. The van der Waals surface area contributed by atoms with Gasteiger partial charge >= 0.3 is 0 Å².